The molecule has 6 rings (SSSR count). The van der Waals surface area contributed by atoms with E-state index in [1.54, 1.807) is 0 Å². The van der Waals surface area contributed by atoms with Crippen molar-refractivity contribution in [2.75, 3.05) is 31.5 Å². The number of aryl methyl sites for hydroxylation is 1. The van der Waals surface area contributed by atoms with E-state index in [1.807, 2.05) is 114 Å². The highest BCUT2D eigenvalue weighted by Gasteiger charge is 2.26. The van der Waals surface area contributed by atoms with Crippen molar-refractivity contribution in [2.45, 2.75) is 6.92 Å². The number of para-hydroxylation sites is 3. The number of carbonyl (C=O) groups is 2. The molecule has 2 heterocycles. The van der Waals surface area contributed by atoms with Gasteiger partial charge >= 0.3 is 0 Å². The van der Waals surface area contributed by atoms with E-state index in [-0.39, 0.29) is 11.8 Å². The molecular weight excluding hydrogens is 510 g/mol. The second-order valence-electron chi connectivity index (χ2n) is 10.3. The Hall–Kier alpha value is -5.17. The number of fused-ring (bicyclic) bond motifs is 1. The van der Waals surface area contributed by atoms with Gasteiger partial charge < -0.3 is 20.1 Å². The third kappa shape index (κ3) is 5.47. The van der Waals surface area contributed by atoms with Crippen LogP contribution in [-0.4, -0.2) is 57.8 Å². The Morgan fingerprint density at radius 2 is 1.37 bits per heavy atom. The van der Waals surface area contributed by atoms with E-state index in [4.69, 9.17) is 0 Å². The molecule has 4 aromatic carbocycles. The maximum atomic E-state index is 13.4. The normalized spacial score (nSPS) is 13.3. The highest BCUT2D eigenvalue weighted by atomic mass is 16.2. The Morgan fingerprint density at radius 1 is 0.756 bits per heavy atom. The number of hydrogen-bond acceptors (Lipinski definition) is 4. The number of aromatic amines is 1. The summed E-state index contributed by atoms with van der Waals surface area (Å²) in [6.07, 6.45) is 0. The molecule has 2 N–H and O–H groups in total. The fourth-order valence-corrected chi connectivity index (χ4v) is 5.15. The molecule has 7 nitrogen and oxygen atoms in total. The van der Waals surface area contributed by atoms with Crippen LogP contribution in [0, 0.1) is 6.92 Å². The molecule has 1 aliphatic heterocycles. The predicted molar refractivity (Wildman–Crippen MR) is 164 cm³/mol. The number of nitrogens with zero attached hydrogens (tertiary/aromatic N) is 3. The summed E-state index contributed by atoms with van der Waals surface area (Å²) in [4.78, 5) is 38.4. The summed E-state index contributed by atoms with van der Waals surface area (Å²) in [5.74, 6) is 0.639. The van der Waals surface area contributed by atoms with E-state index in [0.29, 0.717) is 37.3 Å². The zero-order valence-corrected chi connectivity index (χ0v) is 22.9. The summed E-state index contributed by atoms with van der Waals surface area (Å²) in [6.45, 7) is 8.11. The number of nitrogens with one attached hydrogen (secondary N) is 2. The lowest BCUT2D eigenvalue weighted by molar-refractivity contribution is 0.0535. The monoisotopic (exact) mass is 541 g/mol. The van der Waals surface area contributed by atoms with Crippen molar-refractivity contribution in [2.24, 2.45) is 0 Å². The summed E-state index contributed by atoms with van der Waals surface area (Å²) < 4.78 is 0. The van der Waals surface area contributed by atoms with Crippen LogP contribution in [0.1, 0.15) is 31.8 Å². The standard InChI is InChI=1S/C34H31N5O2/c1-23-9-3-4-14-29(23)35-24(2)25-10-7-12-27(21-25)33(40)38-17-19-39(20-18-38)34(41)28-13-8-11-26(22-28)32-36-30-15-5-6-16-31(30)37-32/h3-16,21-22,35H,2,17-20H2,1H3,(H,36,37). The van der Waals surface area contributed by atoms with Crippen LogP contribution in [0.15, 0.2) is 104 Å². The maximum absolute atomic E-state index is 13.4. The summed E-state index contributed by atoms with van der Waals surface area (Å²) >= 11 is 0. The van der Waals surface area contributed by atoms with Crippen LogP contribution < -0.4 is 5.32 Å². The molecule has 204 valence electrons. The molecule has 1 aromatic heterocycles. The van der Waals surface area contributed by atoms with E-state index < -0.39 is 0 Å². The number of H-pyrrole nitrogens is 1. The van der Waals surface area contributed by atoms with Crippen molar-refractivity contribution in [3.8, 4) is 11.4 Å². The molecule has 1 saturated heterocycles. The van der Waals surface area contributed by atoms with Gasteiger partial charge in [-0.2, -0.15) is 0 Å². The van der Waals surface area contributed by atoms with Gasteiger partial charge in [0.2, 0.25) is 0 Å². The second-order valence-corrected chi connectivity index (χ2v) is 10.3. The summed E-state index contributed by atoms with van der Waals surface area (Å²) in [7, 11) is 0. The molecule has 0 aliphatic carbocycles. The van der Waals surface area contributed by atoms with Crippen molar-refractivity contribution >= 4 is 34.2 Å². The van der Waals surface area contributed by atoms with E-state index in [0.717, 1.165) is 44.9 Å². The Bertz CT molecular complexity index is 1730. The molecule has 1 fully saturated rings. The highest BCUT2D eigenvalue weighted by Crippen LogP contribution is 2.24. The first-order chi connectivity index (χ1) is 20.0. The van der Waals surface area contributed by atoms with Crippen molar-refractivity contribution in [1.29, 1.82) is 0 Å². The van der Waals surface area contributed by atoms with Gasteiger partial charge in [0.25, 0.3) is 11.8 Å². The zero-order chi connectivity index (χ0) is 28.3. The van der Waals surface area contributed by atoms with Crippen molar-refractivity contribution in [3.05, 3.63) is 126 Å². The quantitative estimate of drug-likeness (QED) is 0.267. The fourth-order valence-electron chi connectivity index (χ4n) is 5.15. The lowest BCUT2D eigenvalue weighted by atomic mass is 10.1. The van der Waals surface area contributed by atoms with Crippen LogP contribution in [0.2, 0.25) is 0 Å². The number of hydrogen-bond donors (Lipinski definition) is 2. The number of benzene rings is 4. The third-order valence-corrected chi connectivity index (χ3v) is 7.52. The summed E-state index contributed by atoms with van der Waals surface area (Å²) in [5, 5.41) is 3.36. The second kappa shape index (κ2) is 11.1. The highest BCUT2D eigenvalue weighted by molar-refractivity contribution is 5.97. The third-order valence-electron chi connectivity index (χ3n) is 7.52. The summed E-state index contributed by atoms with van der Waals surface area (Å²) in [5.41, 5.74) is 7.61. The number of imidazole rings is 1. The minimum Gasteiger partial charge on any atom is -0.355 e. The Labute approximate surface area is 239 Å². The minimum atomic E-state index is -0.0467. The molecule has 1 aliphatic rings. The van der Waals surface area contributed by atoms with E-state index in [9.17, 15) is 9.59 Å². The lowest BCUT2D eigenvalue weighted by Crippen LogP contribution is -2.50. The minimum absolute atomic E-state index is 0.0457. The van der Waals surface area contributed by atoms with Gasteiger partial charge in [0, 0.05) is 54.3 Å². The van der Waals surface area contributed by atoms with Gasteiger partial charge in [-0.15, -0.1) is 0 Å². The molecule has 2 amide bonds. The number of piperazine rings is 1. The predicted octanol–water partition coefficient (Wildman–Crippen LogP) is 6.22. The first kappa shape index (κ1) is 26.1. The Kier molecular flexibility index (Phi) is 7.08. The lowest BCUT2D eigenvalue weighted by Gasteiger charge is -2.35. The van der Waals surface area contributed by atoms with Gasteiger partial charge in [0.1, 0.15) is 5.82 Å². The number of anilines is 1. The number of aromatic nitrogens is 2. The van der Waals surface area contributed by atoms with Gasteiger partial charge in [-0.25, -0.2) is 4.98 Å². The van der Waals surface area contributed by atoms with E-state index in [1.165, 1.54) is 0 Å². The van der Waals surface area contributed by atoms with Crippen molar-refractivity contribution in [1.82, 2.24) is 19.8 Å². The number of amides is 2. The van der Waals surface area contributed by atoms with Crippen molar-refractivity contribution in [3.63, 3.8) is 0 Å². The molecule has 0 bridgehead atoms. The SMILES string of the molecule is C=C(Nc1ccccc1C)c1cccc(C(=O)N2CCN(C(=O)c3cccc(-c4nc5ccccc5[nH]4)c3)CC2)c1. The Balaban J connectivity index is 1.10. The first-order valence-electron chi connectivity index (χ1n) is 13.7. The smallest absolute Gasteiger partial charge is 0.253 e. The van der Waals surface area contributed by atoms with Crippen LogP contribution >= 0.6 is 0 Å². The van der Waals surface area contributed by atoms with Crippen molar-refractivity contribution < 1.29 is 9.59 Å². The zero-order valence-electron chi connectivity index (χ0n) is 22.9. The molecular formula is C34H31N5O2. The van der Waals surface area contributed by atoms with Gasteiger partial charge in [-0.1, -0.05) is 61.2 Å². The van der Waals surface area contributed by atoms with E-state index in [2.05, 4.69) is 21.9 Å². The largest absolute Gasteiger partial charge is 0.355 e. The Morgan fingerprint density at radius 3 is 2.07 bits per heavy atom. The van der Waals surface area contributed by atoms with Gasteiger partial charge in [0.05, 0.1) is 11.0 Å². The number of carbonyl (C=O) groups excluding carboxylic acids is 2. The van der Waals surface area contributed by atoms with Crippen LogP contribution in [0.4, 0.5) is 5.69 Å². The van der Waals surface area contributed by atoms with Gasteiger partial charge in [-0.05, 0) is 60.5 Å². The fraction of sp³-hybridized carbons (Fsp3) is 0.147. The average Bonchev–Trinajstić information content (AvgIpc) is 3.46. The number of rotatable bonds is 6. The first-order valence-corrected chi connectivity index (χ1v) is 13.7. The average molecular weight is 542 g/mol. The van der Waals surface area contributed by atoms with Crippen LogP contribution in [0.25, 0.3) is 28.1 Å². The molecule has 0 spiro atoms. The maximum Gasteiger partial charge on any atom is 0.253 e. The molecule has 41 heavy (non-hydrogen) atoms. The van der Waals surface area contributed by atoms with Crippen LogP contribution in [0.5, 0.6) is 0 Å². The van der Waals surface area contributed by atoms with Gasteiger partial charge in [0.15, 0.2) is 0 Å². The topological polar surface area (TPSA) is 81.3 Å². The molecule has 7 heteroatoms. The van der Waals surface area contributed by atoms with Crippen LogP contribution in [0.3, 0.4) is 0 Å². The molecule has 0 atom stereocenters. The molecule has 0 saturated carbocycles. The molecule has 5 aromatic rings. The van der Waals surface area contributed by atoms with Crippen LogP contribution in [-0.2, 0) is 0 Å². The summed E-state index contributed by atoms with van der Waals surface area (Å²) in [6, 6.07) is 30.9. The van der Waals surface area contributed by atoms with Gasteiger partial charge in [-0.3, -0.25) is 9.59 Å². The molecule has 0 unspecified atom stereocenters. The molecule has 0 radical (unpaired) electrons. The van der Waals surface area contributed by atoms with E-state index >= 15 is 0 Å².